The second kappa shape index (κ2) is 12.9. The van der Waals surface area contributed by atoms with Crippen LogP contribution in [0, 0.1) is 6.92 Å². The van der Waals surface area contributed by atoms with Crippen molar-refractivity contribution in [3.8, 4) is 0 Å². The van der Waals surface area contributed by atoms with E-state index in [1.165, 1.54) is 12.1 Å². The van der Waals surface area contributed by atoms with Gasteiger partial charge in [-0.15, -0.1) is 0 Å². The maximum atomic E-state index is 13.6. The fourth-order valence-electron chi connectivity index (χ4n) is 4.64. The van der Waals surface area contributed by atoms with E-state index in [1.807, 2.05) is 25.1 Å². The van der Waals surface area contributed by atoms with E-state index in [0.29, 0.717) is 13.0 Å². The summed E-state index contributed by atoms with van der Waals surface area (Å²) in [6.07, 6.45) is -1.59. The third-order valence-corrected chi connectivity index (χ3v) is 8.05. The number of aryl methyl sites for hydroxylation is 1. The molecule has 0 saturated carbocycles. The third kappa shape index (κ3) is 7.85. The highest BCUT2D eigenvalue weighted by molar-refractivity contribution is 7.89. The van der Waals surface area contributed by atoms with E-state index in [9.17, 15) is 18.3 Å². The fourth-order valence-corrected chi connectivity index (χ4v) is 5.84. The van der Waals surface area contributed by atoms with Crippen molar-refractivity contribution in [1.29, 1.82) is 0 Å². The summed E-state index contributed by atoms with van der Waals surface area (Å²) in [7, 11) is -4.20. The maximum absolute atomic E-state index is 13.6. The molecule has 4 rings (SSSR count). The average Bonchev–Trinajstić information content (AvgIpc) is 3.25. The van der Waals surface area contributed by atoms with Gasteiger partial charge in [0.15, 0.2) is 12.1 Å². The number of carbonyl (C=O) groups excluding carboxylic acids is 1. The molecule has 2 aliphatic heterocycles. The van der Waals surface area contributed by atoms with Crippen LogP contribution >= 0.6 is 0 Å². The van der Waals surface area contributed by atoms with E-state index in [-0.39, 0.29) is 11.5 Å². The molecule has 11 heteroatoms. The lowest BCUT2D eigenvalue weighted by molar-refractivity contribution is -0.226. The Morgan fingerprint density at radius 3 is 2.46 bits per heavy atom. The number of esters is 1. The molecular weight excluding hydrogens is 526 g/mol. The van der Waals surface area contributed by atoms with E-state index in [0.717, 1.165) is 24.0 Å². The van der Waals surface area contributed by atoms with Gasteiger partial charge in [0.1, 0.15) is 31.0 Å². The van der Waals surface area contributed by atoms with Crippen molar-refractivity contribution in [2.45, 2.75) is 88.0 Å². The molecule has 0 radical (unpaired) electrons. The lowest BCUT2D eigenvalue weighted by Crippen LogP contribution is -2.58. The number of carbonyl (C=O) groups is 1. The maximum Gasteiger partial charge on any atom is 0.327 e. The summed E-state index contributed by atoms with van der Waals surface area (Å²) in [4.78, 5) is 13.6. The number of aliphatic hydroxyl groups excluding tert-OH is 1. The number of rotatable bonds is 11. The normalized spacial score (nSPS) is 24.7. The first-order chi connectivity index (χ1) is 18.6. The summed E-state index contributed by atoms with van der Waals surface area (Å²) in [5, 5.41) is 10.1. The van der Waals surface area contributed by atoms with Gasteiger partial charge < -0.3 is 28.8 Å². The first-order valence-electron chi connectivity index (χ1n) is 13.1. The minimum atomic E-state index is -4.20. The smallest absolute Gasteiger partial charge is 0.327 e. The molecule has 0 aromatic heterocycles. The molecule has 2 fully saturated rings. The highest BCUT2D eigenvalue weighted by Crippen LogP contribution is 2.34. The van der Waals surface area contributed by atoms with Crippen LogP contribution in [0.15, 0.2) is 59.5 Å². The summed E-state index contributed by atoms with van der Waals surface area (Å²) < 4.78 is 59.1. The molecule has 0 bridgehead atoms. The number of hydrogen-bond acceptors (Lipinski definition) is 9. The van der Waals surface area contributed by atoms with Crippen LogP contribution in [0.25, 0.3) is 0 Å². The van der Waals surface area contributed by atoms with Gasteiger partial charge in [-0.3, -0.25) is 4.79 Å². The number of ether oxygens (including phenoxy) is 5. The van der Waals surface area contributed by atoms with Crippen LogP contribution < -0.4 is 4.72 Å². The second-order valence-electron chi connectivity index (χ2n) is 10.2. The van der Waals surface area contributed by atoms with Crippen molar-refractivity contribution in [2.24, 2.45) is 0 Å². The molecule has 2 aromatic carbocycles. The SMILES string of the molecule is Cc1ccc(S(=O)(=O)N[C@H](C(=O)OCc2ccccc2)[C@H](O[C@@H]2CCCCO2)[C@@H]2OC(C)(C)O[C@H]2CO)cc1. The zero-order chi connectivity index (χ0) is 28.0. The van der Waals surface area contributed by atoms with E-state index < -0.39 is 59.0 Å². The van der Waals surface area contributed by atoms with Gasteiger partial charge in [0.2, 0.25) is 10.0 Å². The molecular formula is C28H37NO9S. The molecule has 0 aliphatic carbocycles. The summed E-state index contributed by atoms with van der Waals surface area (Å²) in [5.74, 6) is -1.97. The number of nitrogens with one attached hydrogen (secondary N) is 1. The first-order valence-corrected chi connectivity index (χ1v) is 14.6. The van der Waals surface area contributed by atoms with Crippen molar-refractivity contribution in [2.75, 3.05) is 13.2 Å². The molecule has 2 N–H and O–H groups in total. The number of sulfonamides is 1. The predicted octanol–water partition coefficient (Wildman–Crippen LogP) is 2.81. The van der Waals surface area contributed by atoms with Gasteiger partial charge in [0.05, 0.1) is 11.5 Å². The summed E-state index contributed by atoms with van der Waals surface area (Å²) in [6.45, 7) is 5.14. The fraction of sp³-hybridized carbons (Fsp3) is 0.536. The molecule has 10 nitrogen and oxygen atoms in total. The third-order valence-electron chi connectivity index (χ3n) is 6.59. The van der Waals surface area contributed by atoms with Crippen LogP contribution in [0.3, 0.4) is 0 Å². The van der Waals surface area contributed by atoms with Crippen LogP contribution in [0.4, 0.5) is 0 Å². The topological polar surface area (TPSA) is 130 Å². The standard InChI is InChI=1S/C28H37NO9S/c1-19-12-14-21(15-13-19)39(32,33)29-24(27(31)35-18-20-9-5-4-6-10-20)26(36-23-11-7-8-16-34-23)25-22(17-30)37-28(2,3)38-25/h4-6,9-10,12-15,22-26,29-30H,7-8,11,16-18H2,1-3H3/t22-,23+,24-,25+,26-/m0/s1. The molecule has 0 amide bonds. The van der Waals surface area contributed by atoms with Crippen LogP contribution in [0.5, 0.6) is 0 Å². The lowest BCUT2D eigenvalue weighted by atomic mass is 10.0. The Balaban J connectivity index is 1.69. The van der Waals surface area contributed by atoms with Crippen LogP contribution in [0.2, 0.25) is 0 Å². The summed E-state index contributed by atoms with van der Waals surface area (Å²) in [5.41, 5.74) is 1.61. The van der Waals surface area contributed by atoms with E-state index in [4.69, 9.17) is 23.7 Å². The van der Waals surface area contributed by atoms with Gasteiger partial charge >= 0.3 is 5.97 Å². The van der Waals surface area contributed by atoms with E-state index in [2.05, 4.69) is 4.72 Å². The number of hydrogen-bond donors (Lipinski definition) is 2. The van der Waals surface area contributed by atoms with Crippen molar-refractivity contribution in [1.82, 2.24) is 4.72 Å². The Kier molecular flexibility index (Phi) is 9.76. The van der Waals surface area contributed by atoms with Gasteiger partial charge in [-0.1, -0.05) is 48.0 Å². The molecule has 2 saturated heterocycles. The van der Waals surface area contributed by atoms with Gasteiger partial charge in [-0.2, -0.15) is 4.72 Å². The Hall–Kier alpha value is -2.38. The van der Waals surface area contributed by atoms with E-state index >= 15 is 0 Å². The summed E-state index contributed by atoms with van der Waals surface area (Å²) in [6, 6.07) is 13.8. The van der Waals surface area contributed by atoms with Crippen molar-refractivity contribution in [3.05, 3.63) is 65.7 Å². The second-order valence-corrected chi connectivity index (χ2v) is 11.9. The lowest BCUT2D eigenvalue weighted by Gasteiger charge is -2.35. The molecule has 5 atom stereocenters. The zero-order valence-corrected chi connectivity index (χ0v) is 23.3. The van der Waals surface area contributed by atoms with Crippen LogP contribution in [-0.4, -0.2) is 69.1 Å². The highest BCUT2D eigenvalue weighted by Gasteiger charge is 2.51. The predicted molar refractivity (Wildman–Crippen MR) is 141 cm³/mol. The first kappa shape index (κ1) is 29.6. The zero-order valence-electron chi connectivity index (χ0n) is 22.4. The molecule has 2 heterocycles. The van der Waals surface area contributed by atoms with Crippen molar-refractivity contribution < 1.29 is 42.0 Å². The molecule has 2 aromatic rings. The minimum Gasteiger partial charge on any atom is -0.460 e. The van der Waals surface area contributed by atoms with Gasteiger partial charge in [-0.25, -0.2) is 8.42 Å². The largest absolute Gasteiger partial charge is 0.460 e. The van der Waals surface area contributed by atoms with Crippen LogP contribution in [0.1, 0.15) is 44.2 Å². The van der Waals surface area contributed by atoms with Gasteiger partial charge in [0.25, 0.3) is 0 Å². The average molecular weight is 564 g/mol. The van der Waals surface area contributed by atoms with Gasteiger partial charge in [-0.05, 0) is 57.7 Å². The Labute approximate surface area is 229 Å². The van der Waals surface area contributed by atoms with Crippen molar-refractivity contribution >= 4 is 16.0 Å². The van der Waals surface area contributed by atoms with Gasteiger partial charge in [0, 0.05) is 6.61 Å². The monoisotopic (exact) mass is 563 g/mol. The van der Waals surface area contributed by atoms with Crippen molar-refractivity contribution in [3.63, 3.8) is 0 Å². The summed E-state index contributed by atoms with van der Waals surface area (Å²) >= 11 is 0. The quantitative estimate of drug-likeness (QED) is 0.397. The molecule has 0 spiro atoms. The Morgan fingerprint density at radius 2 is 1.82 bits per heavy atom. The number of aliphatic hydroxyl groups is 1. The molecule has 214 valence electrons. The Morgan fingerprint density at radius 1 is 1.10 bits per heavy atom. The molecule has 2 aliphatic rings. The number of benzene rings is 2. The highest BCUT2D eigenvalue weighted by atomic mass is 32.2. The van der Waals surface area contributed by atoms with E-state index in [1.54, 1.807) is 38.1 Å². The van der Waals surface area contributed by atoms with Crippen LogP contribution in [-0.2, 0) is 45.1 Å². The molecule has 0 unspecified atom stereocenters. The molecule has 39 heavy (non-hydrogen) atoms. The Bertz CT molecular complexity index is 1180. The minimum absolute atomic E-state index is 0.0238.